The first kappa shape index (κ1) is 19.0. The Kier molecular flexibility index (Phi) is 5.58. The van der Waals surface area contributed by atoms with Crippen molar-refractivity contribution >= 4 is 11.6 Å². The lowest BCUT2D eigenvalue weighted by atomic mass is 9.88. The van der Waals surface area contributed by atoms with E-state index in [9.17, 15) is 0 Å². The van der Waals surface area contributed by atoms with Crippen LogP contribution in [-0.2, 0) is 13.0 Å². The molecule has 0 spiro atoms. The summed E-state index contributed by atoms with van der Waals surface area (Å²) in [5.41, 5.74) is 3.99. The molecule has 0 aliphatic carbocycles. The van der Waals surface area contributed by atoms with Gasteiger partial charge in [-0.25, -0.2) is 4.98 Å². The van der Waals surface area contributed by atoms with Gasteiger partial charge in [0.1, 0.15) is 5.82 Å². The molecular formula is C22H31ClN4. The van der Waals surface area contributed by atoms with E-state index in [-0.39, 0.29) is 0 Å². The Labute approximate surface area is 167 Å². The summed E-state index contributed by atoms with van der Waals surface area (Å²) >= 11 is 6.41. The lowest BCUT2D eigenvalue weighted by Crippen LogP contribution is -2.29. The number of halogens is 1. The quantitative estimate of drug-likeness (QED) is 0.796. The van der Waals surface area contributed by atoms with E-state index in [0.29, 0.717) is 17.1 Å². The van der Waals surface area contributed by atoms with E-state index in [2.05, 4.69) is 64.9 Å². The van der Waals surface area contributed by atoms with Crippen LogP contribution in [0.1, 0.15) is 48.5 Å². The molecule has 1 aromatic heterocycles. The van der Waals surface area contributed by atoms with Crippen LogP contribution in [0.2, 0.25) is 5.15 Å². The van der Waals surface area contributed by atoms with Crippen molar-refractivity contribution in [2.24, 2.45) is 11.8 Å². The Morgan fingerprint density at radius 3 is 2.81 bits per heavy atom. The maximum atomic E-state index is 6.41. The minimum absolute atomic E-state index is 0.526. The smallest absolute Gasteiger partial charge is 0.151 e. The molecule has 2 aliphatic heterocycles. The minimum Gasteiger partial charge on any atom is -0.344 e. The van der Waals surface area contributed by atoms with Gasteiger partial charge < -0.3 is 4.98 Å². The molecule has 0 amide bonds. The maximum absolute atomic E-state index is 6.41. The number of likely N-dealkylation sites (tertiary alicyclic amines) is 2. The molecule has 0 radical (unpaired) electrons. The Morgan fingerprint density at radius 1 is 1.22 bits per heavy atom. The summed E-state index contributed by atoms with van der Waals surface area (Å²) in [7, 11) is 2.28. The SMILES string of the molecule is CCCCc1nc(Cl)c(CN2C[C@@H]3CN(C)[C@@H](c4ccccc4C)[C@@H]3C2)[nH]1. The second-order valence-corrected chi connectivity index (χ2v) is 8.77. The predicted octanol–water partition coefficient (Wildman–Crippen LogP) is 4.45. The van der Waals surface area contributed by atoms with Gasteiger partial charge in [-0.3, -0.25) is 9.80 Å². The average molecular weight is 387 g/mol. The van der Waals surface area contributed by atoms with Crippen molar-refractivity contribution in [1.82, 2.24) is 19.8 Å². The lowest BCUT2D eigenvalue weighted by molar-refractivity contribution is 0.223. The van der Waals surface area contributed by atoms with Gasteiger partial charge in [-0.2, -0.15) is 0 Å². The van der Waals surface area contributed by atoms with Crippen LogP contribution in [0.5, 0.6) is 0 Å². The number of unbranched alkanes of at least 4 members (excludes halogenated alkanes) is 1. The highest BCUT2D eigenvalue weighted by Crippen LogP contribution is 2.45. The van der Waals surface area contributed by atoms with Crippen molar-refractivity contribution in [1.29, 1.82) is 0 Å². The van der Waals surface area contributed by atoms with Gasteiger partial charge in [-0.15, -0.1) is 0 Å². The molecule has 0 unspecified atom stereocenters. The first-order valence-corrected chi connectivity index (χ1v) is 10.7. The third-order valence-electron chi connectivity index (χ3n) is 6.40. The van der Waals surface area contributed by atoms with Crippen molar-refractivity contribution in [3.8, 4) is 0 Å². The number of benzene rings is 1. The zero-order chi connectivity index (χ0) is 19.0. The zero-order valence-corrected chi connectivity index (χ0v) is 17.5. The second-order valence-electron chi connectivity index (χ2n) is 8.42. The molecule has 0 saturated carbocycles. The fourth-order valence-corrected chi connectivity index (χ4v) is 5.31. The maximum Gasteiger partial charge on any atom is 0.151 e. The topological polar surface area (TPSA) is 35.2 Å². The Bertz CT molecular complexity index is 786. The van der Waals surface area contributed by atoms with Crippen molar-refractivity contribution in [2.45, 2.75) is 45.7 Å². The Morgan fingerprint density at radius 2 is 2.04 bits per heavy atom. The van der Waals surface area contributed by atoms with Crippen LogP contribution < -0.4 is 0 Å². The van der Waals surface area contributed by atoms with Gasteiger partial charge >= 0.3 is 0 Å². The van der Waals surface area contributed by atoms with Gasteiger partial charge in [0.05, 0.1) is 5.69 Å². The number of nitrogens with zero attached hydrogens (tertiary/aromatic N) is 3. The summed E-state index contributed by atoms with van der Waals surface area (Å²) in [6, 6.07) is 9.40. The monoisotopic (exact) mass is 386 g/mol. The molecule has 4 rings (SSSR count). The second kappa shape index (κ2) is 7.94. The minimum atomic E-state index is 0.526. The van der Waals surface area contributed by atoms with Gasteiger partial charge in [0, 0.05) is 38.6 Å². The van der Waals surface area contributed by atoms with E-state index >= 15 is 0 Å². The number of nitrogens with one attached hydrogen (secondary N) is 1. The number of hydrogen-bond donors (Lipinski definition) is 1. The first-order valence-electron chi connectivity index (χ1n) is 10.3. The summed E-state index contributed by atoms with van der Waals surface area (Å²) in [5.74, 6) is 2.46. The molecule has 0 bridgehead atoms. The van der Waals surface area contributed by atoms with E-state index < -0.39 is 0 Å². The number of aromatic nitrogens is 2. The van der Waals surface area contributed by atoms with E-state index in [1.54, 1.807) is 0 Å². The molecule has 4 nitrogen and oxygen atoms in total. The van der Waals surface area contributed by atoms with Crippen LogP contribution in [0.3, 0.4) is 0 Å². The summed E-state index contributed by atoms with van der Waals surface area (Å²) in [6.07, 6.45) is 3.32. The molecule has 1 N–H and O–H groups in total. The third-order valence-corrected chi connectivity index (χ3v) is 6.72. The predicted molar refractivity (Wildman–Crippen MR) is 111 cm³/mol. The van der Waals surface area contributed by atoms with Gasteiger partial charge in [0.15, 0.2) is 5.15 Å². The molecule has 27 heavy (non-hydrogen) atoms. The number of aryl methyl sites for hydroxylation is 2. The molecule has 3 heterocycles. The summed E-state index contributed by atoms with van der Waals surface area (Å²) in [5, 5.41) is 0.658. The van der Waals surface area contributed by atoms with Crippen LogP contribution in [0, 0.1) is 18.8 Å². The summed E-state index contributed by atoms with van der Waals surface area (Å²) < 4.78 is 0. The number of imidazole rings is 1. The molecule has 2 aliphatic rings. The standard InChI is InChI=1S/C22H31ClN4/c1-4-5-10-20-24-19(22(23)25-20)14-27-12-16-11-26(3)21(18(16)13-27)17-9-7-6-8-15(17)2/h6-9,16,18,21H,4-5,10-14H2,1-3H3,(H,24,25)/t16-,18+,21-/m0/s1. The van der Waals surface area contributed by atoms with Crippen LogP contribution >= 0.6 is 11.6 Å². The molecule has 2 saturated heterocycles. The average Bonchev–Trinajstić information content (AvgIpc) is 3.27. The third kappa shape index (κ3) is 3.80. The van der Waals surface area contributed by atoms with Crippen molar-refractivity contribution < 1.29 is 0 Å². The number of fused-ring (bicyclic) bond motifs is 1. The largest absolute Gasteiger partial charge is 0.344 e. The van der Waals surface area contributed by atoms with Crippen LogP contribution in [0.4, 0.5) is 0 Å². The van der Waals surface area contributed by atoms with Crippen LogP contribution in [0.15, 0.2) is 24.3 Å². The van der Waals surface area contributed by atoms with Crippen molar-refractivity contribution in [3.63, 3.8) is 0 Å². The number of aromatic amines is 1. The van der Waals surface area contributed by atoms with Gasteiger partial charge in [-0.1, -0.05) is 49.2 Å². The fraction of sp³-hybridized carbons (Fsp3) is 0.591. The van der Waals surface area contributed by atoms with E-state index in [1.165, 1.54) is 24.1 Å². The normalized spacial score (nSPS) is 26.0. The molecule has 1 aromatic carbocycles. The molecule has 3 atom stereocenters. The Balaban J connectivity index is 1.46. The highest BCUT2D eigenvalue weighted by molar-refractivity contribution is 6.30. The lowest BCUT2D eigenvalue weighted by Gasteiger charge is -2.28. The highest BCUT2D eigenvalue weighted by atomic mass is 35.5. The van der Waals surface area contributed by atoms with E-state index in [4.69, 9.17) is 11.6 Å². The zero-order valence-electron chi connectivity index (χ0n) is 16.7. The van der Waals surface area contributed by atoms with Gasteiger partial charge in [0.2, 0.25) is 0 Å². The molecular weight excluding hydrogens is 356 g/mol. The van der Waals surface area contributed by atoms with Gasteiger partial charge in [0.25, 0.3) is 0 Å². The van der Waals surface area contributed by atoms with Gasteiger partial charge in [-0.05, 0) is 43.4 Å². The molecule has 2 aromatic rings. The number of H-pyrrole nitrogens is 1. The molecule has 5 heteroatoms. The first-order chi connectivity index (χ1) is 13.1. The van der Waals surface area contributed by atoms with Crippen molar-refractivity contribution in [3.05, 3.63) is 52.1 Å². The fourth-order valence-electron chi connectivity index (χ4n) is 5.10. The number of hydrogen-bond acceptors (Lipinski definition) is 3. The summed E-state index contributed by atoms with van der Waals surface area (Å²) in [4.78, 5) is 13.1. The van der Waals surface area contributed by atoms with E-state index in [0.717, 1.165) is 49.9 Å². The number of rotatable bonds is 6. The molecule has 2 fully saturated rings. The van der Waals surface area contributed by atoms with Crippen LogP contribution in [-0.4, -0.2) is 46.4 Å². The highest BCUT2D eigenvalue weighted by Gasteiger charge is 2.46. The van der Waals surface area contributed by atoms with E-state index in [1.807, 2.05) is 0 Å². The van der Waals surface area contributed by atoms with Crippen molar-refractivity contribution in [2.75, 3.05) is 26.7 Å². The van der Waals surface area contributed by atoms with Crippen LogP contribution in [0.25, 0.3) is 0 Å². The molecule has 146 valence electrons. The Hall–Kier alpha value is -1.36. The summed E-state index contributed by atoms with van der Waals surface area (Å²) in [6.45, 7) is 8.79.